The van der Waals surface area contributed by atoms with E-state index in [1.165, 1.54) is 5.01 Å². The van der Waals surface area contributed by atoms with Gasteiger partial charge in [-0.25, -0.2) is 9.80 Å². The van der Waals surface area contributed by atoms with Gasteiger partial charge in [0, 0.05) is 11.1 Å². The summed E-state index contributed by atoms with van der Waals surface area (Å²) < 4.78 is 5.15. The number of benzene rings is 2. The van der Waals surface area contributed by atoms with Crippen molar-refractivity contribution in [3.05, 3.63) is 65.7 Å². The number of carbonyl (C=O) groups excluding carboxylic acids is 1. The number of hydrogen-bond donors (Lipinski definition) is 2. The maximum Gasteiger partial charge on any atom is 0.332 e. The van der Waals surface area contributed by atoms with Gasteiger partial charge in [-0.1, -0.05) is 18.2 Å². The largest absolute Gasteiger partial charge is 0.497 e. The minimum Gasteiger partial charge on any atom is -0.497 e. The number of hydrogen-bond acceptors (Lipinski definition) is 4. The fraction of sp³-hybridized carbons (Fsp3) is 0.200. The highest BCUT2D eigenvalue weighted by molar-refractivity contribution is 6.11. The molecule has 0 unspecified atom stereocenters. The summed E-state index contributed by atoms with van der Waals surface area (Å²) in [5, 5.41) is 10.8. The predicted molar refractivity (Wildman–Crippen MR) is 99.1 cm³/mol. The first-order valence-corrected chi connectivity index (χ1v) is 8.35. The van der Waals surface area contributed by atoms with Crippen LogP contribution >= 0.6 is 0 Å². The zero-order chi connectivity index (χ0) is 18.5. The quantitative estimate of drug-likeness (QED) is 0.776. The molecule has 0 saturated carbocycles. The fourth-order valence-electron chi connectivity index (χ4n) is 2.95. The van der Waals surface area contributed by atoms with Crippen LogP contribution in [0.5, 0.6) is 5.75 Å². The molecule has 3 rings (SSSR count). The van der Waals surface area contributed by atoms with Gasteiger partial charge in [-0.3, -0.25) is 10.2 Å². The lowest BCUT2D eigenvalue weighted by Gasteiger charge is -2.25. The van der Waals surface area contributed by atoms with Crippen molar-refractivity contribution in [2.75, 3.05) is 17.5 Å². The van der Waals surface area contributed by atoms with Gasteiger partial charge in [0.05, 0.1) is 18.5 Å². The molecule has 0 bridgehead atoms. The molecule has 134 valence electrons. The van der Waals surface area contributed by atoms with Gasteiger partial charge < -0.3 is 9.84 Å². The number of rotatable bonds is 6. The molecule has 0 aliphatic heterocycles. The molecule has 2 N–H and O–H groups in total. The minimum atomic E-state index is -1.02. The first-order chi connectivity index (χ1) is 12.6. The van der Waals surface area contributed by atoms with Crippen molar-refractivity contribution >= 4 is 23.3 Å². The van der Waals surface area contributed by atoms with Gasteiger partial charge in [0.1, 0.15) is 5.75 Å². The van der Waals surface area contributed by atoms with Crippen molar-refractivity contribution in [1.82, 2.24) is 0 Å². The number of carboxylic acid groups (broad SMARTS) is 1. The molecular weight excluding hydrogens is 332 g/mol. The van der Waals surface area contributed by atoms with Gasteiger partial charge in [0.15, 0.2) is 0 Å². The summed E-state index contributed by atoms with van der Waals surface area (Å²) in [7, 11) is 1.59. The van der Waals surface area contributed by atoms with Crippen LogP contribution in [0.1, 0.15) is 19.3 Å². The maximum absolute atomic E-state index is 13.1. The van der Waals surface area contributed by atoms with Crippen molar-refractivity contribution in [2.45, 2.75) is 19.3 Å². The fourth-order valence-corrected chi connectivity index (χ4v) is 2.95. The van der Waals surface area contributed by atoms with Gasteiger partial charge in [0.2, 0.25) is 0 Å². The summed E-state index contributed by atoms with van der Waals surface area (Å²) in [6.07, 6.45) is 1.56. The molecule has 0 radical (unpaired) electrons. The van der Waals surface area contributed by atoms with Crippen molar-refractivity contribution < 1.29 is 19.4 Å². The lowest BCUT2D eigenvalue weighted by Crippen LogP contribution is -2.37. The van der Waals surface area contributed by atoms with E-state index in [0.717, 1.165) is 0 Å². The Balaban J connectivity index is 1.94. The number of carbonyl (C=O) groups is 2. The number of nitrogens with one attached hydrogen (secondary N) is 1. The van der Waals surface area contributed by atoms with Crippen LogP contribution in [0.25, 0.3) is 0 Å². The third-order valence-electron chi connectivity index (χ3n) is 4.28. The molecule has 6 heteroatoms. The molecular formula is C20H20N2O4. The van der Waals surface area contributed by atoms with Gasteiger partial charge in [-0.05, 0) is 55.7 Å². The SMILES string of the molecule is COc1ccc(NN(C(=O)C2=C(C(=O)O)CCC2)c2ccccc2)cc1. The van der Waals surface area contributed by atoms with Crippen molar-refractivity contribution in [2.24, 2.45) is 0 Å². The Morgan fingerprint density at radius 3 is 2.27 bits per heavy atom. The summed E-state index contributed by atoms with van der Waals surface area (Å²) >= 11 is 0. The Hall–Kier alpha value is -3.28. The molecule has 1 amide bonds. The van der Waals surface area contributed by atoms with E-state index >= 15 is 0 Å². The Labute approximate surface area is 151 Å². The van der Waals surface area contributed by atoms with E-state index in [-0.39, 0.29) is 11.5 Å². The molecule has 0 spiro atoms. The zero-order valence-electron chi connectivity index (χ0n) is 14.4. The van der Waals surface area contributed by atoms with Crippen LogP contribution in [-0.4, -0.2) is 24.1 Å². The molecule has 1 aliphatic rings. The van der Waals surface area contributed by atoms with E-state index in [2.05, 4.69) is 5.43 Å². The number of para-hydroxylation sites is 1. The second-order valence-electron chi connectivity index (χ2n) is 5.93. The smallest absolute Gasteiger partial charge is 0.332 e. The third-order valence-corrected chi connectivity index (χ3v) is 4.28. The Bertz CT molecular complexity index is 829. The summed E-state index contributed by atoms with van der Waals surface area (Å²) in [5.74, 6) is -0.662. The number of nitrogens with zero attached hydrogens (tertiary/aromatic N) is 1. The van der Waals surface area contributed by atoms with Crippen LogP contribution in [0.2, 0.25) is 0 Å². The molecule has 2 aromatic carbocycles. The number of methoxy groups -OCH3 is 1. The Kier molecular flexibility index (Phi) is 5.22. The van der Waals surface area contributed by atoms with Crippen LogP contribution < -0.4 is 15.2 Å². The van der Waals surface area contributed by atoms with E-state index in [0.29, 0.717) is 42.0 Å². The summed E-state index contributed by atoms with van der Waals surface area (Å²) in [6.45, 7) is 0. The molecule has 0 saturated heterocycles. The standard InChI is InChI=1S/C20H20N2O4/c1-26-16-12-10-14(11-13-16)21-22(15-6-3-2-4-7-15)19(23)17-8-5-9-18(17)20(24)25/h2-4,6-7,10-13,21H,5,8-9H2,1H3,(H,24,25). The molecule has 2 aromatic rings. The van der Waals surface area contributed by atoms with Crippen molar-refractivity contribution in [3.63, 3.8) is 0 Å². The summed E-state index contributed by atoms with van der Waals surface area (Å²) in [4.78, 5) is 24.5. The normalized spacial score (nSPS) is 13.4. The average Bonchev–Trinajstić information content (AvgIpc) is 3.17. The Morgan fingerprint density at radius 1 is 1.00 bits per heavy atom. The van der Waals surface area contributed by atoms with Crippen LogP contribution in [0.4, 0.5) is 11.4 Å². The van der Waals surface area contributed by atoms with Crippen molar-refractivity contribution in [1.29, 1.82) is 0 Å². The van der Waals surface area contributed by atoms with Crippen LogP contribution in [0, 0.1) is 0 Å². The second kappa shape index (κ2) is 7.74. The molecule has 0 fully saturated rings. The van der Waals surface area contributed by atoms with E-state index in [4.69, 9.17) is 4.74 Å². The predicted octanol–water partition coefficient (Wildman–Crippen LogP) is 3.62. The molecule has 1 aliphatic carbocycles. The van der Waals surface area contributed by atoms with E-state index in [9.17, 15) is 14.7 Å². The van der Waals surface area contributed by atoms with Crippen LogP contribution in [0.15, 0.2) is 65.7 Å². The first kappa shape index (κ1) is 17.5. The summed E-state index contributed by atoms with van der Waals surface area (Å²) in [5.41, 5.74) is 4.96. The summed E-state index contributed by atoms with van der Waals surface area (Å²) in [6, 6.07) is 16.3. The lowest BCUT2D eigenvalue weighted by atomic mass is 10.1. The Morgan fingerprint density at radius 2 is 1.65 bits per heavy atom. The number of ether oxygens (including phenoxy) is 1. The topological polar surface area (TPSA) is 78.9 Å². The number of aliphatic carboxylic acids is 1. The van der Waals surface area contributed by atoms with Gasteiger partial charge in [-0.2, -0.15) is 0 Å². The van der Waals surface area contributed by atoms with Gasteiger partial charge in [0.25, 0.3) is 5.91 Å². The van der Waals surface area contributed by atoms with E-state index in [1.807, 2.05) is 18.2 Å². The lowest BCUT2D eigenvalue weighted by molar-refractivity contribution is -0.133. The van der Waals surface area contributed by atoms with Crippen LogP contribution in [-0.2, 0) is 9.59 Å². The molecule has 0 heterocycles. The number of anilines is 2. The first-order valence-electron chi connectivity index (χ1n) is 8.35. The second-order valence-corrected chi connectivity index (χ2v) is 5.93. The highest BCUT2D eigenvalue weighted by atomic mass is 16.5. The average molecular weight is 352 g/mol. The van der Waals surface area contributed by atoms with Gasteiger partial charge in [-0.15, -0.1) is 0 Å². The van der Waals surface area contributed by atoms with Crippen molar-refractivity contribution in [3.8, 4) is 5.75 Å². The number of amides is 1. The monoisotopic (exact) mass is 352 g/mol. The third kappa shape index (κ3) is 3.69. The zero-order valence-corrected chi connectivity index (χ0v) is 14.4. The minimum absolute atomic E-state index is 0.201. The molecule has 26 heavy (non-hydrogen) atoms. The van der Waals surface area contributed by atoms with E-state index in [1.54, 1.807) is 43.5 Å². The number of hydrazine groups is 1. The highest BCUT2D eigenvalue weighted by Crippen LogP contribution is 2.30. The van der Waals surface area contributed by atoms with E-state index < -0.39 is 5.97 Å². The highest BCUT2D eigenvalue weighted by Gasteiger charge is 2.29. The molecule has 0 atom stereocenters. The molecule has 0 aromatic heterocycles. The number of carboxylic acids is 1. The molecule has 6 nitrogen and oxygen atoms in total. The van der Waals surface area contributed by atoms with Gasteiger partial charge >= 0.3 is 5.97 Å². The van der Waals surface area contributed by atoms with Crippen LogP contribution in [0.3, 0.4) is 0 Å². The maximum atomic E-state index is 13.1.